The first kappa shape index (κ1) is 52.9. The van der Waals surface area contributed by atoms with Gasteiger partial charge >= 0.3 is 19.8 Å². The number of rotatable bonds is 36. The van der Waals surface area contributed by atoms with E-state index >= 15 is 0 Å². The SMILES string of the molecule is CC/C=C\C/C=C\C/C=C\CCCCCCCC(=O)O[C@H](COC(=O)CCC/C=C\C/C=C\C=C\C(O)C/C=C\C/C=C\CC)COP(=O)(O)OC[C@@H](O)CO. The maximum Gasteiger partial charge on any atom is 0.472 e. The highest BCUT2D eigenvalue weighted by molar-refractivity contribution is 7.47. The monoisotopic (exact) mass is 806 g/mol. The van der Waals surface area contributed by atoms with Gasteiger partial charge in [-0.2, -0.15) is 0 Å². The van der Waals surface area contributed by atoms with E-state index in [4.69, 9.17) is 19.1 Å². The molecule has 2 unspecified atom stereocenters. The van der Waals surface area contributed by atoms with Crippen LogP contribution in [0.4, 0.5) is 0 Å². The number of carbonyl (C=O) groups excluding carboxylic acids is 2. The Hall–Kier alpha value is -3.15. The van der Waals surface area contributed by atoms with Crippen molar-refractivity contribution >= 4 is 19.8 Å². The minimum atomic E-state index is -4.65. The van der Waals surface area contributed by atoms with E-state index in [-0.39, 0.29) is 19.4 Å². The Bertz CT molecular complexity index is 1270. The van der Waals surface area contributed by atoms with Crippen LogP contribution in [0.25, 0.3) is 0 Å². The maximum absolute atomic E-state index is 12.6. The first-order chi connectivity index (χ1) is 27.1. The summed E-state index contributed by atoms with van der Waals surface area (Å²) in [5.41, 5.74) is 0. The fourth-order valence-corrected chi connectivity index (χ4v) is 5.50. The van der Waals surface area contributed by atoms with E-state index in [2.05, 4.69) is 67.0 Å². The van der Waals surface area contributed by atoms with Crippen LogP contribution in [-0.2, 0) is 32.7 Å². The molecule has 56 heavy (non-hydrogen) atoms. The summed E-state index contributed by atoms with van der Waals surface area (Å²) in [4.78, 5) is 34.9. The molecule has 12 heteroatoms. The molecule has 0 saturated heterocycles. The first-order valence-electron chi connectivity index (χ1n) is 20.3. The lowest BCUT2D eigenvalue weighted by molar-refractivity contribution is -0.161. The van der Waals surface area contributed by atoms with Crippen molar-refractivity contribution in [2.45, 2.75) is 141 Å². The Morgan fingerprint density at radius 1 is 0.607 bits per heavy atom. The second-order valence-electron chi connectivity index (χ2n) is 13.1. The molecule has 0 spiro atoms. The standard InChI is InChI=1S/C44H71O11P/c1-3-5-7-9-11-12-13-14-15-16-17-18-23-27-31-35-44(49)55-42(39-54-56(50,51)53-37-41(47)36-45)38-52-43(48)34-30-26-22-20-19-21-25-29-33-40(46)32-28-24-10-8-6-4-2/h5-8,11-12,14-15,20-22,24-25,28-29,33,40-42,45-47H,3-4,9-10,13,16-19,23,26-27,30-32,34-39H2,1-2H3,(H,50,51)/b7-5-,8-6-,12-11-,15-14-,22-20-,25-21-,28-24-,33-29+/t40?,41-,42+/m0/s1. The Kier molecular flexibility index (Phi) is 36.5. The number of allylic oxidation sites excluding steroid dienone is 14. The van der Waals surface area contributed by atoms with Gasteiger partial charge in [-0.1, -0.05) is 130 Å². The van der Waals surface area contributed by atoms with E-state index in [1.807, 2.05) is 42.5 Å². The number of aliphatic hydroxyl groups excluding tert-OH is 3. The third kappa shape index (κ3) is 37.8. The zero-order valence-electron chi connectivity index (χ0n) is 33.9. The van der Waals surface area contributed by atoms with Crippen LogP contribution in [-0.4, -0.2) is 76.9 Å². The molecule has 0 rings (SSSR count). The third-order valence-corrected chi connectivity index (χ3v) is 8.76. The molecular weight excluding hydrogens is 735 g/mol. The van der Waals surface area contributed by atoms with Crippen LogP contribution in [0.1, 0.15) is 123 Å². The normalized spacial score (nSPS) is 15.5. The Morgan fingerprint density at radius 2 is 1.14 bits per heavy atom. The molecule has 0 aliphatic carbocycles. The van der Waals surface area contributed by atoms with Crippen LogP contribution in [0.2, 0.25) is 0 Å². The summed E-state index contributed by atoms with van der Waals surface area (Å²) in [6.45, 7) is 1.94. The molecule has 11 nitrogen and oxygen atoms in total. The van der Waals surface area contributed by atoms with Crippen LogP contribution in [0.15, 0.2) is 97.2 Å². The molecule has 0 aliphatic rings. The van der Waals surface area contributed by atoms with Crippen LogP contribution in [0.3, 0.4) is 0 Å². The summed E-state index contributed by atoms with van der Waals surface area (Å²) in [6, 6.07) is 0. The number of esters is 2. The van der Waals surface area contributed by atoms with Gasteiger partial charge < -0.3 is 29.7 Å². The van der Waals surface area contributed by atoms with Crippen molar-refractivity contribution in [3.8, 4) is 0 Å². The van der Waals surface area contributed by atoms with Crippen LogP contribution in [0, 0.1) is 0 Å². The highest BCUT2D eigenvalue weighted by atomic mass is 31.2. The molecular formula is C44H71O11P. The van der Waals surface area contributed by atoms with E-state index in [1.165, 1.54) is 0 Å². The van der Waals surface area contributed by atoms with E-state index < -0.39 is 57.9 Å². The predicted octanol–water partition coefficient (Wildman–Crippen LogP) is 9.41. The number of aliphatic hydroxyl groups is 3. The summed E-state index contributed by atoms with van der Waals surface area (Å²) < 4.78 is 32.5. The van der Waals surface area contributed by atoms with E-state index in [0.29, 0.717) is 32.1 Å². The third-order valence-electron chi connectivity index (χ3n) is 7.81. The van der Waals surface area contributed by atoms with Crippen molar-refractivity contribution in [3.63, 3.8) is 0 Å². The number of carbonyl (C=O) groups is 2. The number of phosphoric acid groups is 1. The highest BCUT2D eigenvalue weighted by Gasteiger charge is 2.27. The Labute approximate surface area is 336 Å². The van der Waals surface area contributed by atoms with Crippen molar-refractivity contribution in [1.82, 2.24) is 0 Å². The van der Waals surface area contributed by atoms with Crippen LogP contribution >= 0.6 is 7.82 Å². The van der Waals surface area contributed by atoms with Gasteiger partial charge in [-0.3, -0.25) is 18.6 Å². The van der Waals surface area contributed by atoms with Gasteiger partial charge in [0, 0.05) is 12.8 Å². The maximum atomic E-state index is 12.6. The fourth-order valence-electron chi connectivity index (χ4n) is 4.71. The summed E-state index contributed by atoms with van der Waals surface area (Å²) in [7, 11) is -4.65. The molecule has 0 aromatic heterocycles. The number of hydrogen-bond acceptors (Lipinski definition) is 10. The number of phosphoric ester groups is 1. The molecule has 0 bridgehead atoms. The highest BCUT2D eigenvalue weighted by Crippen LogP contribution is 2.43. The van der Waals surface area contributed by atoms with Crippen molar-refractivity contribution in [2.75, 3.05) is 26.4 Å². The van der Waals surface area contributed by atoms with Gasteiger partial charge in [-0.15, -0.1) is 0 Å². The minimum Gasteiger partial charge on any atom is -0.462 e. The predicted molar refractivity (Wildman–Crippen MR) is 225 cm³/mol. The molecule has 0 amide bonds. The van der Waals surface area contributed by atoms with Crippen LogP contribution < -0.4 is 0 Å². The second kappa shape index (κ2) is 38.7. The molecule has 0 heterocycles. The molecule has 0 aliphatic heterocycles. The van der Waals surface area contributed by atoms with Gasteiger partial charge in [0.05, 0.1) is 25.9 Å². The molecule has 4 atom stereocenters. The fraction of sp³-hybridized carbons (Fsp3) is 0.591. The van der Waals surface area contributed by atoms with Crippen molar-refractivity contribution < 1.29 is 52.9 Å². The first-order valence-corrected chi connectivity index (χ1v) is 21.8. The topological polar surface area (TPSA) is 169 Å². The number of hydrogen-bond donors (Lipinski definition) is 4. The Balaban J connectivity index is 4.54. The van der Waals surface area contributed by atoms with Crippen molar-refractivity contribution in [1.29, 1.82) is 0 Å². The number of ether oxygens (including phenoxy) is 2. The van der Waals surface area contributed by atoms with Gasteiger partial charge in [0.1, 0.15) is 12.7 Å². The lowest BCUT2D eigenvalue weighted by atomic mass is 10.1. The van der Waals surface area contributed by atoms with Crippen LogP contribution in [0.5, 0.6) is 0 Å². The summed E-state index contributed by atoms with van der Waals surface area (Å²) in [6.07, 6.45) is 42.7. The zero-order chi connectivity index (χ0) is 41.4. The van der Waals surface area contributed by atoms with Gasteiger partial charge in [0.15, 0.2) is 6.10 Å². The molecule has 0 saturated carbocycles. The summed E-state index contributed by atoms with van der Waals surface area (Å²) in [5.74, 6) is -1.06. The molecule has 0 fully saturated rings. The molecule has 318 valence electrons. The van der Waals surface area contributed by atoms with Crippen molar-refractivity contribution in [3.05, 3.63) is 97.2 Å². The largest absolute Gasteiger partial charge is 0.472 e. The lowest BCUT2D eigenvalue weighted by Gasteiger charge is -2.20. The average molecular weight is 807 g/mol. The summed E-state index contributed by atoms with van der Waals surface area (Å²) >= 11 is 0. The van der Waals surface area contributed by atoms with Gasteiger partial charge in [-0.05, 0) is 77.0 Å². The van der Waals surface area contributed by atoms with Gasteiger partial charge in [0.2, 0.25) is 0 Å². The lowest BCUT2D eigenvalue weighted by Crippen LogP contribution is -2.29. The van der Waals surface area contributed by atoms with E-state index in [9.17, 15) is 29.3 Å². The van der Waals surface area contributed by atoms with Gasteiger partial charge in [-0.25, -0.2) is 4.57 Å². The average Bonchev–Trinajstić information content (AvgIpc) is 3.18. The summed E-state index contributed by atoms with van der Waals surface area (Å²) in [5, 5.41) is 28.3. The number of unbranched alkanes of at least 4 members (excludes halogenated alkanes) is 6. The minimum absolute atomic E-state index is 0.121. The van der Waals surface area contributed by atoms with E-state index in [1.54, 1.807) is 6.08 Å². The quantitative estimate of drug-likeness (QED) is 0.0156. The smallest absolute Gasteiger partial charge is 0.462 e. The molecule has 0 aromatic carbocycles. The zero-order valence-corrected chi connectivity index (χ0v) is 34.8. The van der Waals surface area contributed by atoms with Crippen molar-refractivity contribution in [2.24, 2.45) is 0 Å². The molecule has 4 N–H and O–H groups in total. The second-order valence-corrected chi connectivity index (χ2v) is 14.5. The Morgan fingerprint density at radius 3 is 1.80 bits per heavy atom. The van der Waals surface area contributed by atoms with Gasteiger partial charge in [0.25, 0.3) is 0 Å². The van der Waals surface area contributed by atoms with E-state index in [0.717, 1.165) is 64.2 Å². The molecule has 0 aromatic rings. The molecule has 0 radical (unpaired) electrons.